The Morgan fingerprint density at radius 1 is 1.13 bits per heavy atom. The third-order valence-electron chi connectivity index (χ3n) is 4.09. The fourth-order valence-corrected chi connectivity index (χ4v) is 2.42. The van der Waals surface area contributed by atoms with Crippen LogP contribution in [0.25, 0.3) is 0 Å². The average molecular weight is 337 g/mol. The number of hydrogen-bond donors (Lipinski definition) is 0. The first-order valence-corrected chi connectivity index (χ1v) is 10.5. The Bertz CT molecular complexity index is 533. The van der Waals surface area contributed by atoms with E-state index in [9.17, 15) is 4.79 Å². The number of hydrogen-bond acceptors (Lipinski definition) is 5. The van der Waals surface area contributed by atoms with Gasteiger partial charge in [-0.05, 0) is 29.3 Å². The van der Waals surface area contributed by atoms with E-state index in [1.54, 1.807) is 0 Å². The second-order valence-electron chi connectivity index (χ2n) is 6.90. The summed E-state index contributed by atoms with van der Waals surface area (Å²) in [4.78, 5) is 15.9. The molecule has 0 spiro atoms. The molecule has 0 saturated heterocycles. The summed E-state index contributed by atoms with van der Waals surface area (Å²) < 4.78 is 10.6. The van der Waals surface area contributed by atoms with Gasteiger partial charge in [0.25, 0.3) is 0 Å². The van der Waals surface area contributed by atoms with E-state index in [4.69, 9.17) is 9.26 Å². The number of methoxy groups -OCH3 is 1. The SMILES string of the molecule is COC(=O)/C=N/OCc1ccc(CO[Si](C)(C)C(C)(C)C)cc1. The van der Waals surface area contributed by atoms with Crippen LogP contribution in [0.2, 0.25) is 18.1 Å². The van der Waals surface area contributed by atoms with Crippen LogP contribution in [0.1, 0.15) is 31.9 Å². The molecule has 0 saturated carbocycles. The maximum Gasteiger partial charge on any atom is 0.352 e. The van der Waals surface area contributed by atoms with Crippen LogP contribution in [0.15, 0.2) is 29.4 Å². The van der Waals surface area contributed by atoms with E-state index < -0.39 is 14.3 Å². The zero-order valence-corrected chi connectivity index (χ0v) is 15.9. The number of nitrogens with zero attached hydrogens (tertiary/aromatic N) is 1. The van der Waals surface area contributed by atoms with Gasteiger partial charge in [0.05, 0.1) is 13.7 Å². The van der Waals surface area contributed by atoms with E-state index in [1.165, 1.54) is 7.11 Å². The van der Waals surface area contributed by atoms with Crippen molar-refractivity contribution in [3.05, 3.63) is 35.4 Å². The molecule has 128 valence electrons. The molecule has 0 amide bonds. The predicted octanol–water partition coefficient (Wildman–Crippen LogP) is 3.88. The Morgan fingerprint density at radius 3 is 2.13 bits per heavy atom. The summed E-state index contributed by atoms with van der Waals surface area (Å²) in [7, 11) is -0.439. The van der Waals surface area contributed by atoms with Crippen LogP contribution in [0.3, 0.4) is 0 Å². The molecule has 0 aliphatic carbocycles. The van der Waals surface area contributed by atoms with Crippen molar-refractivity contribution in [2.45, 2.75) is 52.1 Å². The van der Waals surface area contributed by atoms with Gasteiger partial charge in [0, 0.05) is 0 Å². The van der Waals surface area contributed by atoms with Gasteiger partial charge in [-0.25, -0.2) is 4.79 Å². The first-order chi connectivity index (χ1) is 10.7. The molecule has 1 rings (SSSR count). The van der Waals surface area contributed by atoms with Gasteiger partial charge in [0.2, 0.25) is 0 Å². The number of benzene rings is 1. The van der Waals surface area contributed by atoms with Gasteiger partial charge >= 0.3 is 5.97 Å². The minimum absolute atomic E-state index is 0.207. The first kappa shape index (κ1) is 19.4. The van der Waals surface area contributed by atoms with Gasteiger partial charge in [-0.2, -0.15) is 0 Å². The van der Waals surface area contributed by atoms with E-state index >= 15 is 0 Å². The number of carbonyl (C=O) groups excluding carboxylic acids is 1. The Kier molecular flexibility index (Phi) is 6.96. The summed E-state index contributed by atoms with van der Waals surface area (Å²) in [5.74, 6) is -0.539. The van der Waals surface area contributed by atoms with E-state index in [-0.39, 0.29) is 5.04 Å². The minimum atomic E-state index is -1.73. The molecule has 1 aromatic carbocycles. The quantitative estimate of drug-likeness (QED) is 0.328. The molecular formula is C17H27NO4Si. The van der Waals surface area contributed by atoms with Crippen molar-refractivity contribution in [1.82, 2.24) is 0 Å². The normalized spacial score (nSPS) is 12.4. The van der Waals surface area contributed by atoms with Crippen molar-refractivity contribution >= 4 is 20.5 Å². The number of ether oxygens (including phenoxy) is 1. The molecule has 0 aliphatic heterocycles. The lowest BCUT2D eigenvalue weighted by Crippen LogP contribution is -2.40. The van der Waals surface area contributed by atoms with Crippen LogP contribution >= 0.6 is 0 Å². The van der Waals surface area contributed by atoms with Crippen LogP contribution in [-0.2, 0) is 32.0 Å². The third kappa shape index (κ3) is 6.54. The van der Waals surface area contributed by atoms with Gasteiger partial charge < -0.3 is 14.0 Å². The Labute approximate surface area is 139 Å². The summed E-state index contributed by atoms with van der Waals surface area (Å²) >= 11 is 0. The molecule has 0 N–H and O–H groups in total. The summed E-state index contributed by atoms with van der Waals surface area (Å²) in [6.45, 7) is 12.1. The molecule has 0 radical (unpaired) electrons. The van der Waals surface area contributed by atoms with Gasteiger partial charge in [-0.1, -0.05) is 50.2 Å². The van der Waals surface area contributed by atoms with Crippen molar-refractivity contribution in [2.24, 2.45) is 5.16 Å². The predicted molar refractivity (Wildman–Crippen MR) is 93.7 cm³/mol. The first-order valence-electron chi connectivity index (χ1n) is 7.61. The Hall–Kier alpha value is -1.66. The molecule has 0 aromatic heterocycles. The number of rotatable bonds is 7. The molecule has 0 atom stereocenters. The molecular weight excluding hydrogens is 310 g/mol. The summed E-state index contributed by atoms with van der Waals surface area (Å²) in [5, 5.41) is 3.74. The molecule has 0 unspecified atom stereocenters. The second-order valence-corrected chi connectivity index (χ2v) is 11.7. The zero-order valence-electron chi connectivity index (χ0n) is 14.9. The maximum absolute atomic E-state index is 10.8. The third-order valence-corrected chi connectivity index (χ3v) is 8.57. The van der Waals surface area contributed by atoms with Gasteiger partial charge in [0.15, 0.2) is 14.5 Å². The van der Waals surface area contributed by atoms with Gasteiger partial charge in [-0.15, -0.1) is 0 Å². The molecule has 1 aromatic rings. The highest BCUT2D eigenvalue weighted by molar-refractivity contribution is 6.74. The number of oxime groups is 1. The van der Waals surface area contributed by atoms with E-state index in [0.717, 1.165) is 17.3 Å². The maximum atomic E-state index is 10.8. The molecule has 23 heavy (non-hydrogen) atoms. The lowest BCUT2D eigenvalue weighted by atomic mass is 10.1. The Morgan fingerprint density at radius 2 is 1.65 bits per heavy atom. The molecule has 5 nitrogen and oxygen atoms in total. The van der Waals surface area contributed by atoms with Crippen molar-refractivity contribution < 1.29 is 18.8 Å². The van der Waals surface area contributed by atoms with Crippen molar-refractivity contribution in [2.75, 3.05) is 7.11 Å². The number of carbonyl (C=O) groups is 1. The highest BCUT2D eigenvalue weighted by Crippen LogP contribution is 2.37. The summed E-state index contributed by atoms with van der Waals surface area (Å²) in [6.07, 6.45) is 1.00. The average Bonchev–Trinajstić information content (AvgIpc) is 2.49. The van der Waals surface area contributed by atoms with Gasteiger partial charge in [0.1, 0.15) is 6.61 Å². The minimum Gasteiger partial charge on any atom is -0.465 e. The smallest absolute Gasteiger partial charge is 0.352 e. The van der Waals surface area contributed by atoms with Crippen molar-refractivity contribution in [3.8, 4) is 0 Å². The lowest BCUT2D eigenvalue weighted by Gasteiger charge is -2.36. The summed E-state index contributed by atoms with van der Waals surface area (Å²) in [5.41, 5.74) is 2.11. The molecule has 0 fully saturated rings. The highest BCUT2D eigenvalue weighted by atomic mass is 28.4. The highest BCUT2D eigenvalue weighted by Gasteiger charge is 2.36. The van der Waals surface area contributed by atoms with E-state index in [1.807, 2.05) is 24.3 Å². The summed E-state index contributed by atoms with van der Waals surface area (Å²) in [6, 6.07) is 7.99. The lowest BCUT2D eigenvalue weighted by molar-refractivity contribution is -0.132. The molecule has 0 aliphatic rings. The fraction of sp³-hybridized carbons (Fsp3) is 0.529. The zero-order chi connectivity index (χ0) is 17.5. The standard InChI is InChI=1S/C17H27NO4Si/c1-17(2,3)23(5,6)22-13-15-9-7-14(8-10-15)12-21-18-11-16(19)20-4/h7-11H,12-13H2,1-6H3/b18-11+. The van der Waals surface area contributed by atoms with Crippen LogP contribution in [0.4, 0.5) is 0 Å². The van der Waals surface area contributed by atoms with Gasteiger partial charge in [-0.3, -0.25) is 0 Å². The fourth-order valence-electron chi connectivity index (χ4n) is 1.46. The van der Waals surface area contributed by atoms with E-state index in [0.29, 0.717) is 13.2 Å². The van der Waals surface area contributed by atoms with Crippen LogP contribution < -0.4 is 0 Å². The monoisotopic (exact) mass is 337 g/mol. The molecule has 0 heterocycles. The van der Waals surface area contributed by atoms with Crippen molar-refractivity contribution in [1.29, 1.82) is 0 Å². The molecule has 0 bridgehead atoms. The van der Waals surface area contributed by atoms with E-state index in [2.05, 4.69) is 43.8 Å². The number of esters is 1. The van der Waals surface area contributed by atoms with Crippen LogP contribution in [0, 0.1) is 0 Å². The molecule has 6 heteroatoms. The van der Waals surface area contributed by atoms with Crippen LogP contribution in [-0.4, -0.2) is 27.6 Å². The second kappa shape index (κ2) is 8.26. The Balaban J connectivity index is 2.48. The topological polar surface area (TPSA) is 57.1 Å². The van der Waals surface area contributed by atoms with Crippen molar-refractivity contribution in [3.63, 3.8) is 0 Å². The largest absolute Gasteiger partial charge is 0.465 e. The van der Waals surface area contributed by atoms with Crippen LogP contribution in [0.5, 0.6) is 0 Å².